The van der Waals surface area contributed by atoms with Gasteiger partial charge in [-0.05, 0) is 37.0 Å². The summed E-state index contributed by atoms with van der Waals surface area (Å²) >= 11 is 1.52. The molecule has 21 heavy (non-hydrogen) atoms. The lowest BCUT2D eigenvalue weighted by molar-refractivity contribution is 0.273. The number of nitrogens with two attached hydrogens (primary N) is 1. The van der Waals surface area contributed by atoms with Crippen molar-refractivity contribution in [1.82, 2.24) is 9.27 Å². The summed E-state index contributed by atoms with van der Waals surface area (Å²) in [7, 11) is -3.40. The lowest BCUT2D eigenvalue weighted by atomic mass is 10.1. The monoisotopic (exact) mass is 325 g/mol. The molecule has 0 aliphatic carbocycles. The number of nitrogens with zero attached hydrogens (tertiary/aromatic N) is 2. The summed E-state index contributed by atoms with van der Waals surface area (Å²) in [4.78, 5) is 2.23. The Morgan fingerprint density at radius 2 is 2.19 bits per heavy atom. The van der Waals surface area contributed by atoms with Crippen LogP contribution in [-0.4, -0.2) is 42.6 Å². The largest absolute Gasteiger partial charge is 0.299 e. The zero-order valence-corrected chi connectivity index (χ0v) is 13.4. The van der Waals surface area contributed by atoms with Gasteiger partial charge in [-0.2, -0.15) is 4.37 Å². The Hall–Kier alpha value is -1.02. The number of hydrogen-bond acceptors (Lipinski definition) is 5. The summed E-state index contributed by atoms with van der Waals surface area (Å²) in [6, 6.07) is 8.29. The van der Waals surface area contributed by atoms with Crippen molar-refractivity contribution in [3.63, 3.8) is 0 Å². The van der Waals surface area contributed by atoms with Crippen molar-refractivity contribution in [1.29, 1.82) is 0 Å². The molecule has 0 saturated carbocycles. The van der Waals surface area contributed by atoms with E-state index in [4.69, 9.17) is 5.14 Å². The van der Waals surface area contributed by atoms with Crippen molar-refractivity contribution in [3.8, 4) is 0 Å². The Morgan fingerprint density at radius 3 is 3.00 bits per heavy atom. The predicted octanol–water partition coefficient (Wildman–Crippen LogP) is 1.59. The Morgan fingerprint density at radius 1 is 1.38 bits per heavy atom. The molecule has 0 radical (unpaired) electrons. The van der Waals surface area contributed by atoms with Gasteiger partial charge in [-0.15, -0.1) is 0 Å². The Balaban J connectivity index is 1.67. The second-order valence-corrected chi connectivity index (χ2v) is 8.00. The number of benzene rings is 1. The van der Waals surface area contributed by atoms with Crippen LogP contribution in [0.5, 0.6) is 0 Å². The molecule has 2 aromatic rings. The van der Waals surface area contributed by atoms with Crippen molar-refractivity contribution in [2.75, 3.05) is 18.8 Å². The number of hydrogen-bond donors (Lipinski definition) is 1. The number of fused-ring (bicyclic) bond motifs is 1. The van der Waals surface area contributed by atoms with E-state index in [9.17, 15) is 8.42 Å². The van der Waals surface area contributed by atoms with Gasteiger partial charge in [-0.3, -0.25) is 4.90 Å². The predicted molar refractivity (Wildman–Crippen MR) is 85.9 cm³/mol. The molecular weight excluding hydrogens is 306 g/mol. The van der Waals surface area contributed by atoms with Gasteiger partial charge >= 0.3 is 0 Å². The van der Waals surface area contributed by atoms with E-state index in [0.717, 1.165) is 38.0 Å². The van der Waals surface area contributed by atoms with E-state index in [1.165, 1.54) is 21.6 Å². The van der Waals surface area contributed by atoms with Gasteiger partial charge in [0.15, 0.2) is 0 Å². The highest BCUT2D eigenvalue weighted by molar-refractivity contribution is 7.89. The molecule has 1 saturated heterocycles. The zero-order chi connectivity index (χ0) is 14.9. The maximum Gasteiger partial charge on any atom is 0.210 e. The first-order valence-electron chi connectivity index (χ1n) is 7.11. The van der Waals surface area contributed by atoms with Crippen LogP contribution in [0.1, 0.15) is 18.5 Å². The highest BCUT2D eigenvalue weighted by atomic mass is 32.2. The molecule has 5 nitrogen and oxygen atoms in total. The van der Waals surface area contributed by atoms with Gasteiger partial charge in [0, 0.05) is 24.4 Å². The van der Waals surface area contributed by atoms with Crippen molar-refractivity contribution < 1.29 is 8.42 Å². The van der Waals surface area contributed by atoms with Gasteiger partial charge in [-0.25, -0.2) is 13.6 Å². The summed E-state index contributed by atoms with van der Waals surface area (Å²) in [5.41, 5.74) is 1.11. The van der Waals surface area contributed by atoms with Crippen LogP contribution in [0.25, 0.3) is 10.1 Å². The van der Waals surface area contributed by atoms with Crippen molar-refractivity contribution >= 4 is 31.6 Å². The summed E-state index contributed by atoms with van der Waals surface area (Å²) < 4.78 is 28.3. The maximum atomic E-state index is 11.3. The number of rotatable bonds is 5. The molecule has 114 valence electrons. The molecule has 1 aromatic heterocycles. The molecule has 0 amide bonds. The molecule has 0 bridgehead atoms. The standard InChI is InChI=1S/C14H19N3O2S2/c15-21(18,19)10-11-4-3-8-17(11)9-7-13-12-5-1-2-6-14(12)20-16-13/h1-2,5-6,11H,3-4,7-10H2,(H2,15,18,19). The normalized spacial score (nSPS) is 20.3. The van der Waals surface area contributed by atoms with Crippen molar-refractivity contribution in [2.45, 2.75) is 25.3 Å². The smallest absolute Gasteiger partial charge is 0.210 e. The minimum absolute atomic E-state index is 0.0601. The molecule has 3 rings (SSSR count). The van der Waals surface area contributed by atoms with Crippen molar-refractivity contribution in [2.24, 2.45) is 5.14 Å². The van der Waals surface area contributed by atoms with E-state index in [1.807, 2.05) is 12.1 Å². The quantitative estimate of drug-likeness (QED) is 0.906. The molecule has 1 unspecified atom stereocenters. The van der Waals surface area contributed by atoms with Crippen LogP contribution in [-0.2, 0) is 16.4 Å². The van der Waals surface area contributed by atoms with E-state index in [0.29, 0.717) is 0 Å². The third-order valence-corrected chi connectivity index (χ3v) is 5.73. The van der Waals surface area contributed by atoms with Crippen LogP contribution in [0.15, 0.2) is 24.3 Å². The van der Waals surface area contributed by atoms with Crippen LogP contribution in [0.4, 0.5) is 0 Å². The van der Waals surface area contributed by atoms with Crippen LogP contribution >= 0.6 is 11.5 Å². The Labute approximate surface area is 129 Å². The topological polar surface area (TPSA) is 76.3 Å². The molecular formula is C14H19N3O2S2. The molecule has 1 aliphatic rings. The third-order valence-electron chi connectivity index (χ3n) is 4.01. The van der Waals surface area contributed by atoms with Crippen LogP contribution in [0, 0.1) is 0 Å². The van der Waals surface area contributed by atoms with E-state index >= 15 is 0 Å². The van der Waals surface area contributed by atoms with Gasteiger partial charge in [0.1, 0.15) is 0 Å². The summed E-state index contributed by atoms with van der Waals surface area (Å²) in [5.74, 6) is 0.0603. The maximum absolute atomic E-state index is 11.3. The van der Waals surface area contributed by atoms with Gasteiger partial charge < -0.3 is 0 Å². The van der Waals surface area contributed by atoms with E-state index < -0.39 is 10.0 Å². The number of sulfonamides is 1. The molecule has 2 N–H and O–H groups in total. The number of primary sulfonamides is 1. The summed E-state index contributed by atoms with van der Waals surface area (Å²) in [5, 5.41) is 6.39. The Bertz CT molecular complexity index is 727. The molecule has 1 aliphatic heterocycles. The molecule has 1 atom stereocenters. The lowest BCUT2D eigenvalue weighted by Gasteiger charge is -2.23. The second kappa shape index (κ2) is 6.00. The fraction of sp³-hybridized carbons (Fsp3) is 0.500. The first-order chi connectivity index (χ1) is 10.0. The minimum Gasteiger partial charge on any atom is -0.299 e. The van der Waals surface area contributed by atoms with Gasteiger partial charge in [0.25, 0.3) is 0 Å². The van der Waals surface area contributed by atoms with Crippen LogP contribution < -0.4 is 5.14 Å². The summed E-state index contributed by atoms with van der Waals surface area (Å²) in [6.07, 6.45) is 2.80. The SMILES string of the molecule is NS(=O)(=O)CC1CCCN1CCc1nsc2ccccc12. The summed E-state index contributed by atoms with van der Waals surface area (Å²) in [6.45, 7) is 1.79. The molecule has 0 spiro atoms. The van der Waals surface area contributed by atoms with E-state index in [1.54, 1.807) is 0 Å². The van der Waals surface area contributed by atoms with Gasteiger partial charge in [-0.1, -0.05) is 18.2 Å². The Kier molecular flexibility index (Phi) is 4.26. The first kappa shape index (κ1) is 14.9. The fourth-order valence-electron chi connectivity index (χ4n) is 3.01. The molecule has 2 heterocycles. The fourth-order valence-corrected chi connectivity index (χ4v) is 4.75. The third kappa shape index (κ3) is 3.60. The highest BCUT2D eigenvalue weighted by Crippen LogP contribution is 2.24. The van der Waals surface area contributed by atoms with Crippen LogP contribution in [0.2, 0.25) is 0 Å². The minimum atomic E-state index is -3.40. The lowest BCUT2D eigenvalue weighted by Crippen LogP contribution is -2.38. The molecule has 7 heteroatoms. The second-order valence-electron chi connectivity index (χ2n) is 5.54. The van der Waals surface area contributed by atoms with E-state index in [-0.39, 0.29) is 11.8 Å². The first-order valence-corrected chi connectivity index (χ1v) is 9.59. The number of aromatic nitrogens is 1. The average Bonchev–Trinajstić information content (AvgIpc) is 3.01. The van der Waals surface area contributed by atoms with Crippen molar-refractivity contribution in [3.05, 3.63) is 30.0 Å². The highest BCUT2D eigenvalue weighted by Gasteiger charge is 2.27. The zero-order valence-electron chi connectivity index (χ0n) is 11.7. The van der Waals surface area contributed by atoms with E-state index in [2.05, 4.69) is 21.4 Å². The number of likely N-dealkylation sites (tertiary alicyclic amines) is 1. The molecule has 1 fully saturated rings. The van der Waals surface area contributed by atoms with Gasteiger partial charge in [0.05, 0.1) is 16.1 Å². The van der Waals surface area contributed by atoms with Gasteiger partial charge in [0.2, 0.25) is 10.0 Å². The average molecular weight is 325 g/mol. The molecule has 1 aromatic carbocycles. The van der Waals surface area contributed by atoms with Crippen LogP contribution in [0.3, 0.4) is 0 Å².